The average Bonchev–Trinajstić information content (AvgIpc) is 3.10. The van der Waals surface area contributed by atoms with E-state index in [1.807, 2.05) is 79.7 Å². The van der Waals surface area contributed by atoms with Gasteiger partial charge in [-0.2, -0.15) is 4.98 Å². The molecule has 47 heavy (non-hydrogen) atoms. The Morgan fingerprint density at radius 1 is 0.787 bits per heavy atom. The molecule has 4 aromatic rings. The molecule has 2 amide bonds. The van der Waals surface area contributed by atoms with Gasteiger partial charge in [0.05, 0.1) is 5.52 Å². The first kappa shape index (κ1) is 33.6. The van der Waals surface area contributed by atoms with Gasteiger partial charge in [0, 0.05) is 62.1 Å². The predicted octanol–water partition coefficient (Wildman–Crippen LogP) is 6.27. The Morgan fingerprint density at radius 3 is 2.15 bits per heavy atom. The van der Waals surface area contributed by atoms with Crippen LogP contribution in [0.15, 0.2) is 84.9 Å². The average molecular weight is 635 g/mol. The van der Waals surface area contributed by atoms with E-state index in [-0.39, 0.29) is 30.1 Å². The van der Waals surface area contributed by atoms with Gasteiger partial charge in [0.15, 0.2) is 5.78 Å². The lowest BCUT2D eigenvalue weighted by Crippen LogP contribution is -2.37. The number of aromatic nitrogens is 2. The quantitative estimate of drug-likeness (QED) is 0.104. The Hall–Kier alpha value is -4.79. The fourth-order valence-electron chi connectivity index (χ4n) is 6.25. The summed E-state index contributed by atoms with van der Waals surface area (Å²) in [5.74, 6) is 1.31. The summed E-state index contributed by atoms with van der Waals surface area (Å²) in [5, 5.41) is 10.7. The van der Waals surface area contributed by atoms with Gasteiger partial charge in [0.25, 0.3) is 5.91 Å². The molecule has 1 atom stereocenters. The summed E-state index contributed by atoms with van der Waals surface area (Å²) in [6.07, 6.45) is 6.14. The predicted molar refractivity (Wildman–Crippen MR) is 188 cm³/mol. The highest BCUT2D eigenvalue weighted by Crippen LogP contribution is 2.28. The number of amides is 2. The second-order valence-corrected chi connectivity index (χ2v) is 12.7. The zero-order valence-corrected chi connectivity index (χ0v) is 27.5. The van der Waals surface area contributed by atoms with Gasteiger partial charge in [0.1, 0.15) is 5.82 Å². The lowest BCUT2D eigenvalue weighted by molar-refractivity contribution is -0.125. The Morgan fingerprint density at radius 2 is 1.45 bits per heavy atom. The van der Waals surface area contributed by atoms with E-state index in [2.05, 4.69) is 16.0 Å². The number of fused-ring (bicyclic) bond motifs is 1. The van der Waals surface area contributed by atoms with Crippen molar-refractivity contribution in [3.05, 3.63) is 96.1 Å². The van der Waals surface area contributed by atoms with Crippen molar-refractivity contribution in [2.24, 2.45) is 11.8 Å². The van der Waals surface area contributed by atoms with E-state index in [0.717, 1.165) is 55.2 Å². The lowest BCUT2D eigenvalue weighted by Gasteiger charge is -2.30. The zero-order chi connectivity index (χ0) is 33.0. The molecule has 9 nitrogen and oxygen atoms in total. The molecule has 246 valence electrons. The minimum atomic E-state index is -0.415. The summed E-state index contributed by atoms with van der Waals surface area (Å²) in [6.45, 7) is 1.12. The molecule has 1 aliphatic rings. The largest absolute Gasteiger partial charge is 0.362 e. The first-order valence-electron chi connectivity index (χ1n) is 16.8. The second-order valence-electron chi connectivity index (χ2n) is 12.7. The number of Topliss-reactive ketones (excluding diaryl/α,β-unsaturated/α-hetero) is 1. The number of hydrogen-bond acceptors (Lipinski definition) is 7. The van der Waals surface area contributed by atoms with Crippen LogP contribution in [0.1, 0.15) is 72.1 Å². The standard InChI is InChI=1S/C38H46N6O3/c1-44(2)35-32-18-9-10-19-33(32)42-38(43-35)41-31-22-20-27(21-23-31)26-40-37(47)30(25-34(45)28-13-5-3-6-14-28)17-11-12-24-39-36(46)29-15-7-4-8-16-29/h3-10,13-16,18-19,27,30-31H,11-12,17,20-26H2,1-2H3,(H,39,46)(H,40,47)(H,41,42,43). The molecule has 1 saturated carbocycles. The van der Waals surface area contributed by atoms with Crippen LogP contribution in [-0.4, -0.2) is 60.8 Å². The van der Waals surface area contributed by atoms with Crippen molar-refractivity contribution in [1.82, 2.24) is 20.6 Å². The van der Waals surface area contributed by atoms with Gasteiger partial charge in [-0.25, -0.2) is 4.98 Å². The maximum atomic E-state index is 13.4. The summed E-state index contributed by atoms with van der Waals surface area (Å²) in [7, 11) is 3.99. The minimum Gasteiger partial charge on any atom is -0.362 e. The van der Waals surface area contributed by atoms with E-state index in [1.165, 1.54) is 0 Å². The topological polar surface area (TPSA) is 116 Å². The van der Waals surface area contributed by atoms with Crippen molar-refractivity contribution >= 4 is 40.3 Å². The van der Waals surface area contributed by atoms with E-state index in [0.29, 0.717) is 42.5 Å². The van der Waals surface area contributed by atoms with Crippen LogP contribution in [0, 0.1) is 11.8 Å². The summed E-state index contributed by atoms with van der Waals surface area (Å²) in [6, 6.07) is 26.6. The summed E-state index contributed by atoms with van der Waals surface area (Å²) >= 11 is 0. The SMILES string of the molecule is CN(C)c1nc(NC2CCC(CNC(=O)C(CCCCNC(=O)c3ccccc3)CC(=O)c3ccccc3)CC2)nc2ccccc12. The molecule has 5 rings (SSSR count). The number of ketones is 1. The molecule has 1 aliphatic carbocycles. The van der Waals surface area contributed by atoms with Crippen molar-refractivity contribution in [2.75, 3.05) is 37.4 Å². The third-order valence-electron chi connectivity index (χ3n) is 8.95. The monoisotopic (exact) mass is 634 g/mol. The van der Waals surface area contributed by atoms with Gasteiger partial charge in [-0.3, -0.25) is 14.4 Å². The first-order valence-corrected chi connectivity index (χ1v) is 16.8. The fourth-order valence-corrected chi connectivity index (χ4v) is 6.25. The Labute approximate surface area is 277 Å². The number of carbonyl (C=O) groups is 3. The number of benzene rings is 3. The zero-order valence-electron chi connectivity index (χ0n) is 27.5. The number of hydrogen-bond donors (Lipinski definition) is 3. The summed E-state index contributed by atoms with van der Waals surface area (Å²) in [4.78, 5) is 50.4. The van der Waals surface area contributed by atoms with Crippen molar-refractivity contribution in [2.45, 2.75) is 57.4 Å². The first-order chi connectivity index (χ1) is 22.9. The number of unbranched alkanes of at least 4 members (excludes halogenated alkanes) is 1. The van der Waals surface area contributed by atoms with E-state index in [1.54, 1.807) is 24.3 Å². The van der Waals surface area contributed by atoms with Crippen molar-refractivity contribution in [3.63, 3.8) is 0 Å². The molecule has 0 bridgehead atoms. The Balaban J connectivity index is 1.10. The third-order valence-corrected chi connectivity index (χ3v) is 8.95. The van der Waals surface area contributed by atoms with Gasteiger partial charge >= 0.3 is 0 Å². The highest BCUT2D eigenvalue weighted by molar-refractivity contribution is 5.98. The smallest absolute Gasteiger partial charge is 0.251 e. The summed E-state index contributed by atoms with van der Waals surface area (Å²) < 4.78 is 0. The lowest BCUT2D eigenvalue weighted by atomic mass is 9.85. The van der Waals surface area contributed by atoms with Crippen LogP contribution in [0.2, 0.25) is 0 Å². The van der Waals surface area contributed by atoms with E-state index in [9.17, 15) is 14.4 Å². The third kappa shape index (κ3) is 9.61. The van der Waals surface area contributed by atoms with Crippen molar-refractivity contribution in [1.29, 1.82) is 0 Å². The molecule has 0 aliphatic heterocycles. The molecule has 1 unspecified atom stereocenters. The molecule has 1 heterocycles. The maximum absolute atomic E-state index is 13.4. The van der Waals surface area contributed by atoms with Gasteiger partial charge in [-0.05, 0) is 68.7 Å². The van der Waals surface area contributed by atoms with Gasteiger partial charge in [-0.1, -0.05) is 67.1 Å². The van der Waals surface area contributed by atoms with Crippen LogP contribution in [-0.2, 0) is 4.79 Å². The molecule has 0 spiro atoms. The van der Waals surface area contributed by atoms with Gasteiger partial charge in [-0.15, -0.1) is 0 Å². The van der Waals surface area contributed by atoms with Crippen LogP contribution in [0.25, 0.3) is 10.9 Å². The number of para-hydroxylation sites is 1. The van der Waals surface area contributed by atoms with Crippen molar-refractivity contribution in [3.8, 4) is 0 Å². The van der Waals surface area contributed by atoms with E-state index in [4.69, 9.17) is 9.97 Å². The van der Waals surface area contributed by atoms with Gasteiger partial charge < -0.3 is 20.9 Å². The number of carbonyl (C=O) groups excluding carboxylic acids is 3. The normalized spacial score (nSPS) is 16.6. The second kappa shape index (κ2) is 16.7. The molecule has 1 aromatic heterocycles. The Bertz CT molecular complexity index is 1620. The number of rotatable bonds is 15. The molecular formula is C38H46N6O3. The summed E-state index contributed by atoms with van der Waals surface area (Å²) in [5.41, 5.74) is 2.17. The molecule has 3 aromatic carbocycles. The fraction of sp³-hybridized carbons (Fsp3) is 0.395. The van der Waals surface area contributed by atoms with Gasteiger partial charge in [0.2, 0.25) is 11.9 Å². The number of anilines is 2. The van der Waals surface area contributed by atoms with Crippen LogP contribution in [0.4, 0.5) is 11.8 Å². The van der Waals surface area contributed by atoms with Crippen LogP contribution in [0.5, 0.6) is 0 Å². The molecular weight excluding hydrogens is 588 g/mol. The van der Waals surface area contributed by atoms with Crippen LogP contribution in [0.3, 0.4) is 0 Å². The maximum Gasteiger partial charge on any atom is 0.251 e. The van der Waals surface area contributed by atoms with E-state index < -0.39 is 5.92 Å². The molecule has 0 saturated heterocycles. The minimum absolute atomic E-state index is 0.0250. The number of nitrogens with one attached hydrogen (secondary N) is 3. The number of nitrogens with zero attached hydrogens (tertiary/aromatic N) is 3. The molecule has 1 fully saturated rings. The highest BCUT2D eigenvalue weighted by Gasteiger charge is 2.26. The molecule has 9 heteroatoms. The Kier molecular flexibility index (Phi) is 11.9. The van der Waals surface area contributed by atoms with Crippen LogP contribution >= 0.6 is 0 Å². The van der Waals surface area contributed by atoms with E-state index >= 15 is 0 Å². The van der Waals surface area contributed by atoms with Crippen molar-refractivity contribution < 1.29 is 14.4 Å². The molecule has 0 radical (unpaired) electrons. The highest BCUT2D eigenvalue weighted by atomic mass is 16.2. The molecule has 3 N–H and O–H groups in total. The van der Waals surface area contributed by atoms with Crippen LogP contribution < -0.4 is 20.9 Å².